The first-order valence-corrected chi connectivity index (χ1v) is 11.3. The van der Waals surface area contributed by atoms with Crippen LogP contribution in [0.4, 0.5) is 5.69 Å². The van der Waals surface area contributed by atoms with Gasteiger partial charge in [0.2, 0.25) is 0 Å². The third-order valence-electron chi connectivity index (χ3n) is 5.43. The van der Waals surface area contributed by atoms with Crippen LogP contribution in [0, 0.1) is 0 Å². The lowest BCUT2D eigenvalue weighted by molar-refractivity contribution is -0.113. The third kappa shape index (κ3) is 4.15. The van der Waals surface area contributed by atoms with Crippen LogP contribution in [0.5, 0.6) is 5.75 Å². The molecule has 162 valence electrons. The molecule has 0 spiro atoms. The number of anilines is 1. The van der Waals surface area contributed by atoms with E-state index in [9.17, 15) is 4.79 Å². The molecule has 0 aliphatic carbocycles. The number of furan rings is 1. The van der Waals surface area contributed by atoms with Crippen LogP contribution < -0.4 is 9.64 Å². The molecule has 0 radical (unpaired) electrons. The molecule has 0 bridgehead atoms. The van der Waals surface area contributed by atoms with Crippen LogP contribution >= 0.6 is 15.9 Å². The second-order valence-electron chi connectivity index (χ2n) is 7.52. The number of halogens is 1. The highest BCUT2D eigenvalue weighted by molar-refractivity contribution is 9.10. The molecule has 0 saturated heterocycles. The molecule has 0 N–H and O–H groups in total. The molecule has 0 fully saturated rings. The summed E-state index contributed by atoms with van der Waals surface area (Å²) in [7, 11) is 1.61. The Hall–Kier alpha value is -3.83. The minimum Gasteiger partial charge on any atom is -0.495 e. The molecular weight excluding hydrogens is 478 g/mol. The van der Waals surface area contributed by atoms with Crippen LogP contribution in [0.2, 0.25) is 0 Å². The molecule has 1 aliphatic rings. The SMILES string of the molecule is COc1ccccc1N1C(=O)C(=Cc2ccc(-c3ccc(Br)cc3)o2)C=C1c1ccccc1. The third-order valence-corrected chi connectivity index (χ3v) is 5.96. The Morgan fingerprint density at radius 2 is 1.58 bits per heavy atom. The summed E-state index contributed by atoms with van der Waals surface area (Å²) >= 11 is 3.45. The summed E-state index contributed by atoms with van der Waals surface area (Å²) in [5.41, 5.74) is 3.93. The van der Waals surface area contributed by atoms with Crippen LogP contribution in [0.25, 0.3) is 23.1 Å². The molecular formula is C28H20BrNO3. The molecule has 2 heterocycles. The zero-order valence-electron chi connectivity index (χ0n) is 17.9. The summed E-state index contributed by atoms with van der Waals surface area (Å²) in [5, 5.41) is 0. The van der Waals surface area contributed by atoms with Crippen LogP contribution in [0.15, 0.2) is 112 Å². The van der Waals surface area contributed by atoms with Gasteiger partial charge in [-0.05, 0) is 54.1 Å². The lowest BCUT2D eigenvalue weighted by Crippen LogP contribution is -2.25. The molecule has 1 amide bonds. The molecule has 1 aromatic heterocycles. The Bertz CT molecular complexity index is 1370. The number of carbonyl (C=O) groups excluding carboxylic acids is 1. The van der Waals surface area contributed by atoms with Crippen LogP contribution in [0.1, 0.15) is 11.3 Å². The molecule has 33 heavy (non-hydrogen) atoms. The quantitative estimate of drug-likeness (QED) is 0.274. The van der Waals surface area contributed by atoms with E-state index < -0.39 is 0 Å². The maximum absolute atomic E-state index is 13.6. The van der Waals surface area contributed by atoms with Gasteiger partial charge in [-0.15, -0.1) is 0 Å². The van der Waals surface area contributed by atoms with Crippen LogP contribution in [-0.2, 0) is 4.79 Å². The van der Waals surface area contributed by atoms with Crippen molar-refractivity contribution in [1.29, 1.82) is 0 Å². The summed E-state index contributed by atoms with van der Waals surface area (Å²) in [6.45, 7) is 0. The minimum atomic E-state index is -0.139. The van der Waals surface area contributed by atoms with Crippen molar-refractivity contribution in [3.8, 4) is 17.1 Å². The number of rotatable bonds is 5. The maximum Gasteiger partial charge on any atom is 0.263 e. The lowest BCUT2D eigenvalue weighted by atomic mass is 10.1. The van der Waals surface area contributed by atoms with E-state index in [1.165, 1.54) is 0 Å². The zero-order chi connectivity index (χ0) is 22.8. The maximum atomic E-state index is 13.6. The molecule has 1 aliphatic heterocycles. The van der Waals surface area contributed by atoms with Crippen molar-refractivity contribution in [3.63, 3.8) is 0 Å². The largest absolute Gasteiger partial charge is 0.495 e. The van der Waals surface area contributed by atoms with Gasteiger partial charge in [0.1, 0.15) is 17.3 Å². The predicted octanol–water partition coefficient (Wildman–Crippen LogP) is 7.19. The van der Waals surface area contributed by atoms with Gasteiger partial charge in [-0.3, -0.25) is 9.69 Å². The summed E-state index contributed by atoms with van der Waals surface area (Å²) in [4.78, 5) is 15.3. The fourth-order valence-electron chi connectivity index (χ4n) is 3.84. The van der Waals surface area contributed by atoms with Gasteiger partial charge < -0.3 is 9.15 Å². The topological polar surface area (TPSA) is 42.7 Å². The van der Waals surface area contributed by atoms with Crippen molar-refractivity contribution in [2.24, 2.45) is 0 Å². The van der Waals surface area contributed by atoms with Crippen molar-refractivity contribution in [2.45, 2.75) is 0 Å². The summed E-state index contributed by atoms with van der Waals surface area (Å²) < 4.78 is 12.6. The molecule has 5 rings (SSSR count). The Labute approximate surface area is 200 Å². The second kappa shape index (κ2) is 8.96. The summed E-state index contributed by atoms with van der Waals surface area (Å²) in [5.74, 6) is 1.85. The van der Waals surface area contributed by atoms with Gasteiger partial charge in [-0.1, -0.05) is 70.5 Å². The first-order valence-electron chi connectivity index (χ1n) is 10.5. The van der Waals surface area contributed by atoms with E-state index in [0.29, 0.717) is 22.8 Å². The normalized spacial score (nSPS) is 14.6. The Balaban J connectivity index is 1.56. The number of hydrogen-bond acceptors (Lipinski definition) is 3. The van der Waals surface area contributed by atoms with Gasteiger partial charge in [0.05, 0.1) is 18.5 Å². The minimum absolute atomic E-state index is 0.139. The van der Waals surface area contributed by atoms with Crippen molar-refractivity contribution >= 4 is 39.3 Å². The standard InChI is InChI=1S/C28H20BrNO3/c1-32-27-10-6-5-9-24(27)30-25(19-7-3-2-4-8-19)18-21(28(30)31)17-23-15-16-26(33-23)20-11-13-22(29)14-12-20/h2-18H,1H3. The van der Waals surface area contributed by atoms with Crippen molar-refractivity contribution in [3.05, 3.63) is 118 Å². The summed E-state index contributed by atoms with van der Waals surface area (Å²) in [6.07, 6.45) is 3.68. The molecule has 5 heteroatoms. The number of hydrogen-bond donors (Lipinski definition) is 0. The molecule has 3 aromatic carbocycles. The number of carbonyl (C=O) groups is 1. The van der Waals surface area contributed by atoms with Crippen molar-refractivity contribution < 1.29 is 13.9 Å². The highest BCUT2D eigenvalue weighted by Gasteiger charge is 2.32. The first kappa shape index (κ1) is 21.0. The van der Waals surface area contributed by atoms with E-state index in [-0.39, 0.29) is 5.91 Å². The molecule has 0 unspecified atom stereocenters. The molecule has 4 aromatic rings. The fourth-order valence-corrected chi connectivity index (χ4v) is 4.11. The van der Waals surface area contributed by atoms with E-state index >= 15 is 0 Å². The van der Waals surface area contributed by atoms with E-state index in [1.807, 2.05) is 97.1 Å². The average molecular weight is 498 g/mol. The van der Waals surface area contributed by atoms with E-state index in [4.69, 9.17) is 9.15 Å². The molecule has 0 atom stereocenters. The van der Waals surface area contributed by atoms with Gasteiger partial charge in [0.25, 0.3) is 5.91 Å². The number of ether oxygens (including phenoxy) is 1. The van der Waals surface area contributed by atoms with Crippen molar-refractivity contribution in [1.82, 2.24) is 0 Å². The summed E-state index contributed by atoms with van der Waals surface area (Å²) in [6, 6.07) is 29.1. The first-order chi connectivity index (χ1) is 16.1. The number of nitrogens with zero attached hydrogens (tertiary/aromatic N) is 1. The zero-order valence-corrected chi connectivity index (χ0v) is 19.5. The van der Waals surface area contributed by atoms with E-state index in [0.717, 1.165) is 27.1 Å². The van der Waals surface area contributed by atoms with E-state index in [1.54, 1.807) is 18.1 Å². The Morgan fingerprint density at radius 1 is 0.848 bits per heavy atom. The van der Waals surface area contributed by atoms with Crippen LogP contribution in [-0.4, -0.2) is 13.0 Å². The van der Waals surface area contributed by atoms with Gasteiger partial charge >= 0.3 is 0 Å². The van der Waals surface area contributed by atoms with Gasteiger partial charge in [0, 0.05) is 15.6 Å². The fraction of sp³-hybridized carbons (Fsp3) is 0.0357. The lowest BCUT2D eigenvalue weighted by Gasteiger charge is -2.22. The number of amides is 1. The van der Waals surface area contributed by atoms with Crippen LogP contribution in [0.3, 0.4) is 0 Å². The van der Waals surface area contributed by atoms with E-state index in [2.05, 4.69) is 15.9 Å². The number of methoxy groups -OCH3 is 1. The smallest absolute Gasteiger partial charge is 0.263 e. The highest BCUT2D eigenvalue weighted by atomic mass is 79.9. The van der Waals surface area contributed by atoms with Gasteiger partial charge in [-0.2, -0.15) is 0 Å². The average Bonchev–Trinajstić information content (AvgIpc) is 3.45. The number of benzene rings is 3. The number of para-hydroxylation sites is 2. The van der Waals surface area contributed by atoms with Gasteiger partial charge in [0.15, 0.2) is 0 Å². The second-order valence-corrected chi connectivity index (χ2v) is 8.43. The van der Waals surface area contributed by atoms with Gasteiger partial charge in [-0.25, -0.2) is 0 Å². The Morgan fingerprint density at radius 3 is 2.33 bits per heavy atom. The Kier molecular flexibility index (Phi) is 5.71. The highest BCUT2D eigenvalue weighted by Crippen LogP contribution is 2.39. The molecule has 0 saturated carbocycles. The molecule has 4 nitrogen and oxygen atoms in total. The monoisotopic (exact) mass is 497 g/mol. The predicted molar refractivity (Wildman–Crippen MR) is 135 cm³/mol. The van der Waals surface area contributed by atoms with Crippen molar-refractivity contribution in [2.75, 3.05) is 12.0 Å².